The Morgan fingerprint density at radius 3 is 2.70 bits per heavy atom. The summed E-state index contributed by atoms with van der Waals surface area (Å²) < 4.78 is 36.6. The average molecular weight is 397 g/mol. The van der Waals surface area contributed by atoms with Crippen molar-refractivity contribution in [3.63, 3.8) is 0 Å². The van der Waals surface area contributed by atoms with Crippen molar-refractivity contribution in [1.29, 1.82) is 0 Å². The summed E-state index contributed by atoms with van der Waals surface area (Å²) in [5, 5.41) is 2.85. The van der Waals surface area contributed by atoms with E-state index >= 15 is 0 Å². The highest BCUT2D eigenvalue weighted by molar-refractivity contribution is 7.88. The molecule has 0 spiro atoms. The van der Waals surface area contributed by atoms with E-state index in [1.807, 2.05) is 12.1 Å². The van der Waals surface area contributed by atoms with Crippen LogP contribution in [0.15, 0.2) is 24.3 Å². The Balaban J connectivity index is 1.48. The topological polar surface area (TPSA) is 97.0 Å². The van der Waals surface area contributed by atoms with E-state index in [2.05, 4.69) is 10.0 Å². The van der Waals surface area contributed by atoms with Crippen molar-refractivity contribution in [3.05, 3.63) is 24.3 Å². The van der Waals surface area contributed by atoms with Gasteiger partial charge in [0.05, 0.1) is 12.4 Å². The molecule has 2 saturated heterocycles. The van der Waals surface area contributed by atoms with Crippen LogP contribution in [0.3, 0.4) is 0 Å². The lowest BCUT2D eigenvalue weighted by Gasteiger charge is -2.32. The molecule has 0 bridgehead atoms. The van der Waals surface area contributed by atoms with Gasteiger partial charge in [-0.1, -0.05) is 0 Å². The van der Waals surface area contributed by atoms with Crippen LogP contribution in [-0.4, -0.2) is 64.1 Å². The van der Waals surface area contributed by atoms with Gasteiger partial charge in [-0.15, -0.1) is 0 Å². The van der Waals surface area contributed by atoms with Crippen LogP contribution >= 0.6 is 0 Å². The third-order valence-electron chi connectivity index (χ3n) is 4.65. The zero-order valence-corrected chi connectivity index (χ0v) is 16.3. The minimum atomic E-state index is -3.28. The fourth-order valence-corrected chi connectivity index (χ4v) is 4.16. The molecule has 0 aromatic heterocycles. The van der Waals surface area contributed by atoms with Crippen molar-refractivity contribution in [2.24, 2.45) is 0 Å². The van der Waals surface area contributed by atoms with Crippen molar-refractivity contribution in [2.45, 2.75) is 37.8 Å². The number of rotatable bonds is 6. The van der Waals surface area contributed by atoms with Crippen LogP contribution in [0.5, 0.6) is 5.75 Å². The van der Waals surface area contributed by atoms with Gasteiger partial charge in [-0.2, -0.15) is 0 Å². The van der Waals surface area contributed by atoms with Gasteiger partial charge in [0.15, 0.2) is 0 Å². The van der Waals surface area contributed by atoms with Gasteiger partial charge < -0.3 is 19.7 Å². The summed E-state index contributed by atoms with van der Waals surface area (Å²) in [6, 6.07) is 6.73. The monoisotopic (exact) mass is 397 g/mol. The maximum absolute atomic E-state index is 12.5. The van der Waals surface area contributed by atoms with Crippen LogP contribution in [-0.2, 0) is 14.8 Å². The Labute approximate surface area is 160 Å². The minimum absolute atomic E-state index is 0.164. The fraction of sp³-hybridized carbons (Fsp3) is 0.611. The van der Waals surface area contributed by atoms with Crippen LogP contribution in [0, 0.1) is 0 Å². The van der Waals surface area contributed by atoms with Crippen LogP contribution in [0.1, 0.15) is 25.7 Å². The first kappa shape index (κ1) is 19.9. The Hall–Kier alpha value is -1.84. The third-order valence-corrected chi connectivity index (χ3v) is 5.42. The summed E-state index contributed by atoms with van der Waals surface area (Å²) in [5.41, 5.74) is 0.669. The molecular formula is C18H27N3O5S. The molecule has 27 heavy (non-hydrogen) atoms. The molecule has 2 amide bonds. The summed E-state index contributed by atoms with van der Waals surface area (Å²) in [4.78, 5) is 14.1. The molecule has 2 heterocycles. The van der Waals surface area contributed by atoms with E-state index in [0.29, 0.717) is 25.4 Å². The van der Waals surface area contributed by atoms with Crippen molar-refractivity contribution in [1.82, 2.24) is 9.62 Å². The van der Waals surface area contributed by atoms with Crippen molar-refractivity contribution >= 4 is 21.7 Å². The number of anilines is 1. The largest absolute Gasteiger partial charge is 0.491 e. The quantitative estimate of drug-likeness (QED) is 0.763. The molecule has 2 atom stereocenters. The van der Waals surface area contributed by atoms with Crippen molar-refractivity contribution < 1.29 is 22.7 Å². The number of likely N-dealkylation sites (tertiary alicyclic amines) is 1. The summed E-state index contributed by atoms with van der Waals surface area (Å²) in [7, 11) is -3.28. The van der Waals surface area contributed by atoms with E-state index in [1.54, 1.807) is 17.0 Å². The molecule has 2 N–H and O–H groups in total. The first-order chi connectivity index (χ1) is 12.9. The second-order valence-corrected chi connectivity index (χ2v) is 8.86. The number of nitrogens with zero attached hydrogens (tertiary/aromatic N) is 1. The van der Waals surface area contributed by atoms with Gasteiger partial charge in [0.25, 0.3) is 0 Å². The lowest BCUT2D eigenvalue weighted by molar-refractivity contribution is 0.0679. The second-order valence-electron chi connectivity index (χ2n) is 7.08. The zero-order chi connectivity index (χ0) is 19.3. The maximum Gasteiger partial charge on any atom is 0.321 e. The van der Waals surface area contributed by atoms with Crippen molar-refractivity contribution in [3.8, 4) is 5.75 Å². The van der Waals surface area contributed by atoms with Gasteiger partial charge >= 0.3 is 6.03 Å². The fourth-order valence-electron chi connectivity index (χ4n) is 3.36. The molecule has 150 valence electrons. The van der Waals surface area contributed by atoms with Crippen LogP contribution < -0.4 is 14.8 Å². The number of piperidine rings is 1. The molecule has 9 heteroatoms. The maximum atomic E-state index is 12.5. The standard InChI is InChI=1S/C18H27N3O5S/c1-27(23,24)20-15-4-2-10-21(12-15)18(22)19-14-6-8-16(9-7-14)26-13-17-5-3-11-25-17/h6-9,15,17,20H,2-5,10-13H2,1H3,(H,19,22). The van der Waals surface area contributed by atoms with E-state index < -0.39 is 10.0 Å². The summed E-state index contributed by atoms with van der Waals surface area (Å²) >= 11 is 0. The molecule has 0 aliphatic carbocycles. The number of benzene rings is 1. The lowest BCUT2D eigenvalue weighted by Crippen LogP contribution is -2.50. The van der Waals surface area contributed by atoms with Gasteiger partial charge in [-0.05, 0) is 49.9 Å². The highest BCUT2D eigenvalue weighted by Gasteiger charge is 2.25. The smallest absolute Gasteiger partial charge is 0.321 e. The Morgan fingerprint density at radius 2 is 2.04 bits per heavy atom. The Morgan fingerprint density at radius 1 is 1.26 bits per heavy atom. The molecular weight excluding hydrogens is 370 g/mol. The highest BCUT2D eigenvalue weighted by atomic mass is 32.2. The summed E-state index contributed by atoms with van der Waals surface area (Å²) in [6.07, 6.45) is 4.89. The first-order valence-electron chi connectivity index (χ1n) is 9.27. The predicted molar refractivity (Wildman–Crippen MR) is 103 cm³/mol. The summed E-state index contributed by atoms with van der Waals surface area (Å²) in [5.74, 6) is 0.735. The van der Waals surface area contributed by atoms with Gasteiger partial charge in [0.2, 0.25) is 10.0 Å². The number of hydrogen-bond donors (Lipinski definition) is 2. The van der Waals surface area contributed by atoms with Crippen LogP contribution in [0.25, 0.3) is 0 Å². The summed E-state index contributed by atoms with van der Waals surface area (Å²) in [6.45, 7) is 2.31. The number of hydrogen-bond acceptors (Lipinski definition) is 5. The molecule has 1 aromatic carbocycles. The van der Waals surface area contributed by atoms with E-state index in [0.717, 1.165) is 44.3 Å². The molecule has 2 unspecified atom stereocenters. The average Bonchev–Trinajstić information content (AvgIpc) is 3.13. The van der Waals surface area contributed by atoms with Gasteiger partial charge in [-0.3, -0.25) is 0 Å². The van der Waals surface area contributed by atoms with Gasteiger partial charge in [0.1, 0.15) is 12.4 Å². The highest BCUT2D eigenvalue weighted by Crippen LogP contribution is 2.19. The normalized spacial score (nSPS) is 23.2. The molecule has 2 aliphatic heterocycles. The molecule has 2 fully saturated rings. The number of amides is 2. The number of carbonyl (C=O) groups excluding carboxylic acids is 1. The van der Waals surface area contributed by atoms with E-state index in [4.69, 9.17) is 9.47 Å². The molecule has 0 saturated carbocycles. The zero-order valence-electron chi connectivity index (χ0n) is 15.5. The SMILES string of the molecule is CS(=O)(=O)NC1CCCN(C(=O)Nc2ccc(OCC3CCCO3)cc2)C1. The van der Waals surface area contributed by atoms with Crippen molar-refractivity contribution in [2.75, 3.05) is 37.9 Å². The predicted octanol–water partition coefficient (Wildman–Crippen LogP) is 1.79. The lowest BCUT2D eigenvalue weighted by atomic mass is 10.1. The van der Waals surface area contributed by atoms with E-state index in [9.17, 15) is 13.2 Å². The molecule has 0 radical (unpaired) electrons. The second kappa shape index (κ2) is 8.90. The molecule has 3 rings (SSSR count). The molecule has 1 aromatic rings. The number of urea groups is 1. The van der Waals surface area contributed by atoms with Crippen LogP contribution in [0.2, 0.25) is 0 Å². The number of ether oxygens (including phenoxy) is 2. The van der Waals surface area contributed by atoms with Gasteiger partial charge in [0, 0.05) is 31.4 Å². The number of sulfonamides is 1. The number of carbonyl (C=O) groups is 1. The van der Waals surface area contributed by atoms with Gasteiger partial charge in [-0.25, -0.2) is 17.9 Å². The third kappa shape index (κ3) is 6.37. The first-order valence-corrected chi connectivity index (χ1v) is 11.2. The molecule has 8 nitrogen and oxygen atoms in total. The van der Waals surface area contributed by atoms with Crippen LogP contribution in [0.4, 0.5) is 10.5 Å². The molecule has 2 aliphatic rings. The Bertz CT molecular complexity index is 732. The number of nitrogens with one attached hydrogen (secondary N) is 2. The Kier molecular flexibility index (Phi) is 6.56. The minimum Gasteiger partial charge on any atom is -0.491 e. The van der Waals surface area contributed by atoms with E-state index in [1.165, 1.54) is 0 Å². The van der Waals surface area contributed by atoms with E-state index in [-0.39, 0.29) is 18.2 Å².